The zero-order valence-electron chi connectivity index (χ0n) is 12.1. The van der Waals surface area contributed by atoms with Crippen molar-refractivity contribution in [2.24, 2.45) is 5.41 Å². The first-order valence-electron chi connectivity index (χ1n) is 5.88. The van der Waals surface area contributed by atoms with Crippen molar-refractivity contribution in [2.45, 2.75) is 6.42 Å². The van der Waals surface area contributed by atoms with Crippen molar-refractivity contribution in [1.29, 1.82) is 0 Å². The van der Waals surface area contributed by atoms with E-state index in [1.54, 1.807) is 0 Å². The number of esters is 1. The quantitative estimate of drug-likeness (QED) is 0.503. The van der Waals surface area contributed by atoms with Gasteiger partial charge in [0.25, 0.3) is 0 Å². The Labute approximate surface area is 126 Å². The van der Waals surface area contributed by atoms with Crippen molar-refractivity contribution in [2.75, 3.05) is 20.4 Å². The molecular weight excluding hydrogens is 318 g/mol. The molecule has 0 saturated carbocycles. The second-order valence-corrected chi connectivity index (χ2v) is 6.73. The summed E-state index contributed by atoms with van der Waals surface area (Å²) in [7, 11) is -1.70. The first-order valence-corrected chi connectivity index (χ1v) is 7.73. The Morgan fingerprint density at radius 1 is 1.32 bits per heavy atom. The van der Waals surface area contributed by atoms with Crippen LogP contribution in [0.1, 0.15) is 6.42 Å². The van der Waals surface area contributed by atoms with E-state index >= 15 is 0 Å². The molecule has 1 atom stereocenters. The van der Waals surface area contributed by atoms with Gasteiger partial charge in [0.05, 0.1) is 13.4 Å². The fourth-order valence-corrected chi connectivity index (χ4v) is 2.41. The third kappa shape index (κ3) is 3.11. The number of carbonyl (C=O) groups is 3. The van der Waals surface area contributed by atoms with Gasteiger partial charge in [0.1, 0.15) is 0 Å². The molecule has 10 heteroatoms. The van der Waals surface area contributed by atoms with Gasteiger partial charge in [-0.3, -0.25) is 13.9 Å². The lowest BCUT2D eigenvalue weighted by molar-refractivity contribution is -0.163. The Bertz CT molecular complexity index is 690. The lowest BCUT2D eigenvalue weighted by atomic mass is 9.77. The molecule has 122 valence electrons. The normalized spacial score (nSPS) is 21.4. The van der Waals surface area contributed by atoms with Crippen molar-refractivity contribution >= 4 is 27.9 Å². The van der Waals surface area contributed by atoms with E-state index in [9.17, 15) is 27.9 Å². The van der Waals surface area contributed by atoms with Crippen LogP contribution in [0.2, 0.25) is 0 Å². The maximum Gasteiger partial charge on any atom is 0.331 e. The summed E-state index contributed by atoms with van der Waals surface area (Å²) in [5.41, 5.74) is -2.95. The first-order chi connectivity index (χ1) is 9.95. The summed E-state index contributed by atoms with van der Waals surface area (Å²) in [6.07, 6.45) is 2.10. The van der Waals surface area contributed by atoms with E-state index in [1.807, 2.05) is 0 Å². The topological polar surface area (TPSA) is 138 Å². The summed E-state index contributed by atoms with van der Waals surface area (Å²) in [5.74, 6) is -4.28. The van der Waals surface area contributed by atoms with Gasteiger partial charge in [-0.25, -0.2) is 13.2 Å². The summed E-state index contributed by atoms with van der Waals surface area (Å²) in [6.45, 7) is 0. The predicted molar refractivity (Wildman–Crippen MR) is 73.1 cm³/mol. The molecule has 0 aromatic heterocycles. The number of sulfonamides is 1. The molecule has 22 heavy (non-hydrogen) atoms. The number of hydrogen-bond acceptors (Lipinski definition) is 6. The van der Waals surface area contributed by atoms with Crippen LogP contribution in [0.4, 0.5) is 0 Å². The number of rotatable bonds is 5. The monoisotopic (exact) mass is 333 g/mol. The molecule has 0 fully saturated rings. The highest BCUT2D eigenvalue weighted by atomic mass is 32.2. The standard InChI is InChI=1S/C12H15NO8S/c1-13(22(3,19)20)8-4-7(9(14)15)5-12(6-8,10(16)17)11(18)21-2/h4,6H,5H2,1-3H3,(H,14,15)(H,16,17). The van der Waals surface area contributed by atoms with Gasteiger partial charge in [-0.2, -0.15) is 0 Å². The molecule has 1 aliphatic carbocycles. The highest BCUT2D eigenvalue weighted by molar-refractivity contribution is 7.88. The number of nitrogens with zero attached hydrogens (tertiary/aromatic N) is 1. The van der Waals surface area contributed by atoms with Crippen molar-refractivity contribution in [1.82, 2.24) is 4.31 Å². The van der Waals surface area contributed by atoms with Crippen LogP contribution < -0.4 is 0 Å². The van der Waals surface area contributed by atoms with Crippen LogP contribution in [0.15, 0.2) is 23.4 Å². The third-order valence-corrected chi connectivity index (χ3v) is 4.46. The number of ether oxygens (including phenoxy) is 1. The minimum Gasteiger partial charge on any atom is -0.480 e. The lowest BCUT2D eigenvalue weighted by Gasteiger charge is -2.30. The third-order valence-electron chi connectivity index (χ3n) is 3.25. The molecule has 0 bridgehead atoms. The Hall–Kier alpha value is -2.36. The smallest absolute Gasteiger partial charge is 0.331 e. The van der Waals surface area contributed by atoms with E-state index in [2.05, 4.69) is 4.74 Å². The predicted octanol–water partition coefficient (Wildman–Crippen LogP) is -0.580. The summed E-state index contributed by atoms with van der Waals surface area (Å²) in [4.78, 5) is 34.6. The maximum absolute atomic E-state index is 11.9. The Balaban J connectivity index is 3.60. The number of carboxylic acids is 2. The molecule has 9 nitrogen and oxygen atoms in total. The maximum atomic E-state index is 11.9. The molecule has 0 spiro atoms. The highest BCUT2D eigenvalue weighted by Crippen LogP contribution is 2.37. The van der Waals surface area contributed by atoms with Crippen molar-refractivity contribution in [3.63, 3.8) is 0 Å². The van der Waals surface area contributed by atoms with Gasteiger partial charge in [-0.05, 0) is 12.2 Å². The number of likely N-dealkylation sites (N-methyl/N-ethyl adjacent to an activating group) is 1. The van der Waals surface area contributed by atoms with Gasteiger partial charge < -0.3 is 14.9 Å². The fourth-order valence-electron chi connectivity index (χ4n) is 1.92. The van der Waals surface area contributed by atoms with E-state index in [1.165, 1.54) is 0 Å². The first kappa shape index (κ1) is 17.7. The zero-order valence-corrected chi connectivity index (χ0v) is 12.9. The molecule has 0 aromatic carbocycles. The van der Waals surface area contributed by atoms with Gasteiger partial charge >= 0.3 is 17.9 Å². The molecule has 1 aliphatic rings. The number of hydrogen-bond donors (Lipinski definition) is 2. The van der Waals surface area contributed by atoms with E-state index in [0.717, 1.165) is 32.6 Å². The van der Waals surface area contributed by atoms with Gasteiger partial charge in [0.15, 0.2) is 5.41 Å². The lowest BCUT2D eigenvalue weighted by Crippen LogP contribution is -2.42. The van der Waals surface area contributed by atoms with E-state index in [-0.39, 0.29) is 5.70 Å². The summed E-state index contributed by atoms with van der Waals surface area (Å²) in [5, 5.41) is 18.5. The summed E-state index contributed by atoms with van der Waals surface area (Å²) in [6, 6.07) is 0. The van der Waals surface area contributed by atoms with Crippen LogP contribution in [-0.2, 0) is 29.1 Å². The molecule has 1 rings (SSSR count). The molecule has 0 saturated heterocycles. The largest absolute Gasteiger partial charge is 0.480 e. The second kappa shape index (κ2) is 5.79. The Kier molecular flexibility index (Phi) is 4.66. The molecule has 0 amide bonds. The average Bonchev–Trinajstić information content (AvgIpc) is 2.43. The summed E-state index contributed by atoms with van der Waals surface area (Å²) >= 11 is 0. The molecular formula is C12H15NO8S. The Morgan fingerprint density at radius 3 is 2.23 bits per heavy atom. The molecule has 1 unspecified atom stereocenters. The van der Waals surface area contributed by atoms with Gasteiger partial charge in [0.2, 0.25) is 10.0 Å². The molecule has 0 heterocycles. The highest BCUT2D eigenvalue weighted by Gasteiger charge is 2.49. The molecule has 0 aliphatic heterocycles. The molecule has 0 aromatic rings. The fraction of sp³-hybridized carbons (Fsp3) is 0.417. The second-order valence-electron chi connectivity index (χ2n) is 4.72. The average molecular weight is 333 g/mol. The van der Waals surface area contributed by atoms with Crippen LogP contribution in [0, 0.1) is 5.41 Å². The van der Waals surface area contributed by atoms with Crippen molar-refractivity contribution in [3.8, 4) is 0 Å². The number of carboxylic acid groups (broad SMARTS) is 2. The summed E-state index contributed by atoms with van der Waals surface area (Å²) < 4.78 is 28.3. The number of carbonyl (C=O) groups excluding carboxylic acids is 1. The van der Waals surface area contributed by atoms with Crippen molar-refractivity contribution < 1.29 is 37.8 Å². The van der Waals surface area contributed by atoms with Crippen LogP contribution in [0.3, 0.4) is 0 Å². The van der Waals surface area contributed by atoms with Crippen LogP contribution in [0.5, 0.6) is 0 Å². The SMILES string of the molecule is COC(=O)C1(C(=O)O)C=C(N(C)S(C)(=O)=O)C=C(C(=O)O)C1. The van der Waals surface area contributed by atoms with Crippen LogP contribution >= 0.6 is 0 Å². The van der Waals surface area contributed by atoms with E-state index < -0.39 is 45.3 Å². The number of methoxy groups -OCH3 is 1. The van der Waals surface area contributed by atoms with Gasteiger partial charge in [0, 0.05) is 24.7 Å². The van der Waals surface area contributed by atoms with E-state index in [4.69, 9.17) is 5.11 Å². The molecule has 0 radical (unpaired) electrons. The Morgan fingerprint density at radius 2 is 1.86 bits per heavy atom. The van der Waals surface area contributed by atoms with E-state index in [0.29, 0.717) is 4.31 Å². The van der Waals surface area contributed by atoms with Crippen LogP contribution in [0.25, 0.3) is 0 Å². The molecule has 2 N–H and O–H groups in total. The number of allylic oxidation sites excluding steroid dienone is 1. The zero-order chi connectivity index (χ0) is 17.3. The van der Waals surface area contributed by atoms with Crippen molar-refractivity contribution in [3.05, 3.63) is 23.4 Å². The number of aliphatic carboxylic acids is 2. The minimum atomic E-state index is -3.78. The van der Waals surface area contributed by atoms with Gasteiger partial charge in [-0.1, -0.05) is 0 Å². The van der Waals surface area contributed by atoms with Crippen LogP contribution in [-0.4, -0.2) is 61.3 Å². The van der Waals surface area contributed by atoms with Gasteiger partial charge in [-0.15, -0.1) is 0 Å². The minimum absolute atomic E-state index is 0.237.